The van der Waals surface area contributed by atoms with E-state index in [0.717, 1.165) is 4.88 Å². The Bertz CT molecular complexity index is 710. The van der Waals surface area contributed by atoms with Gasteiger partial charge in [-0.1, -0.05) is 6.07 Å². The van der Waals surface area contributed by atoms with Gasteiger partial charge in [-0.05, 0) is 31.2 Å². The summed E-state index contributed by atoms with van der Waals surface area (Å²) < 4.78 is 43.1. The predicted octanol–water partition coefficient (Wildman–Crippen LogP) is 4.28. The quantitative estimate of drug-likeness (QED) is 0.365. The number of nitrogens with zero attached hydrogens (tertiary/aromatic N) is 1. The normalized spacial score (nSPS) is 11.2. The van der Waals surface area contributed by atoms with Crippen molar-refractivity contribution in [3.63, 3.8) is 0 Å². The molecule has 0 atom stereocenters. The van der Waals surface area contributed by atoms with Gasteiger partial charge < -0.3 is 15.4 Å². The second-order valence-corrected chi connectivity index (χ2v) is 6.26. The minimum atomic E-state index is -3.01. The maximum Gasteiger partial charge on any atom is 0.387 e. The molecule has 0 fully saturated rings. The summed E-state index contributed by atoms with van der Waals surface area (Å²) in [4.78, 5) is 6.36. The Hall–Kier alpha value is -1.49. The third-order valence-corrected chi connectivity index (χ3v) is 4.17. The molecule has 2 N–H and O–H groups in total. The van der Waals surface area contributed by atoms with E-state index >= 15 is 0 Å². The molecule has 0 aliphatic carbocycles. The summed E-state index contributed by atoms with van der Waals surface area (Å²) >= 11 is 1.66. The van der Waals surface area contributed by atoms with Crippen molar-refractivity contribution in [2.75, 3.05) is 7.05 Å². The van der Waals surface area contributed by atoms with Gasteiger partial charge >= 0.3 is 6.61 Å². The SMILES string of the molecule is CN=C(NCc1ccc(C)s1)NCc1c(F)cccc1OC(F)F.I. The molecule has 138 valence electrons. The Morgan fingerprint density at radius 3 is 2.52 bits per heavy atom. The van der Waals surface area contributed by atoms with Gasteiger partial charge in [0.25, 0.3) is 0 Å². The van der Waals surface area contributed by atoms with E-state index in [1.807, 2.05) is 19.1 Å². The topological polar surface area (TPSA) is 45.7 Å². The highest BCUT2D eigenvalue weighted by molar-refractivity contribution is 14.0. The second kappa shape index (κ2) is 10.5. The Balaban J connectivity index is 0.00000312. The van der Waals surface area contributed by atoms with E-state index in [2.05, 4.69) is 20.4 Å². The van der Waals surface area contributed by atoms with Gasteiger partial charge in [0.2, 0.25) is 0 Å². The molecule has 0 spiro atoms. The largest absolute Gasteiger partial charge is 0.434 e. The first-order valence-electron chi connectivity index (χ1n) is 7.21. The molecular formula is C16H19F3IN3OS. The number of hydrogen-bond acceptors (Lipinski definition) is 3. The van der Waals surface area contributed by atoms with Crippen LogP contribution in [0, 0.1) is 12.7 Å². The molecule has 1 aromatic heterocycles. The molecule has 1 aromatic carbocycles. The third kappa shape index (κ3) is 6.73. The number of thiophene rings is 1. The minimum Gasteiger partial charge on any atom is -0.434 e. The van der Waals surface area contributed by atoms with Crippen molar-refractivity contribution in [2.24, 2.45) is 4.99 Å². The number of guanidine groups is 1. The first-order valence-corrected chi connectivity index (χ1v) is 8.03. The molecule has 9 heteroatoms. The summed E-state index contributed by atoms with van der Waals surface area (Å²) in [6, 6.07) is 7.84. The van der Waals surface area contributed by atoms with Crippen LogP contribution >= 0.6 is 35.3 Å². The van der Waals surface area contributed by atoms with E-state index in [9.17, 15) is 13.2 Å². The highest BCUT2D eigenvalue weighted by Gasteiger charge is 2.14. The lowest BCUT2D eigenvalue weighted by Gasteiger charge is -2.14. The Labute approximate surface area is 165 Å². The number of hydrogen-bond donors (Lipinski definition) is 2. The van der Waals surface area contributed by atoms with Crippen molar-refractivity contribution in [1.82, 2.24) is 10.6 Å². The Morgan fingerprint density at radius 2 is 1.92 bits per heavy atom. The maximum absolute atomic E-state index is 13.9. The van der Waals surface area contributed by atoms with E-state index in [1.165, 1.54) is 23.1 Å². The van der Waals surface area contributed by atoms with Crippen molar-refractivity contribution in [3.05, 3.63) is 51.5 Å². The molecule has 0 aliphatic rings. The summed E-state index contributed by atoms with van der Waals surface area (Å²) in [5, 5.41) is 5.98. The molecule has 0 aliphatic heterocycles. The van der Waals surface area contributed by atoms with Crippen LogP contribution in [-0.4, -0.2) is 19.6 Å². The lowest BCUT2D eigenvalue weighted by molar-refractivity contribution is -0.0506. The molecule has 0 radical (unpaired) electrons. The van der Waals surface area contributed by atoms with E-state index in [0.29, 0.717) is 12.5 Å². The monoisotopic (exact) mass is 485 g/mol. The summed E-state index contributed by atoms with van der Waals surface area (Å²) in [6.45, 7) is -0.456. The first-order chi connectivity index (χ1) is 11.5. The number of ether oxygens (including phenoxy) is 1. The van der Waals surface area contributed by atoms with Crippen LogP contribution in [-0.2, 0) is 13.1 Å². The van der Waals surface area contributed by atoms with Crippen LogP contribution in [0.25, 0.3) is 0 Å². The summed E-state index contributed by atoms with van der Waals surface area (Å²) in [7, 11) is 1.58. The number of rotatable bonds is 6. The highest BCUT2D eigenvalue weighted by atomic mass is 127. The zero-order valence-electron chi connectivity index (χ0n) is 13.7. The number of benzene rings is 1. The van der Waals surface area contributed by atoms with Crippen molar-refractivity contribution >= 4 is 41.3 Å². The summed E-state index contributed by atoms with van der Waals surface area (Å²) in [5.74, 6) is -0.376. The van der Waals surface area contributed by atoms with Gasteiger partial charge in [-0.25, -0.2) is 4.39 Å². The van der Waals surface area contributed by atoms with Crippen molar-refractivity contribution in [3.8, 4) is 5.75 Å². The van der Waals surface area contributed by atoms with Crippen LogP contribution in [0.3, 0.4) is 0 Å². The molecule has 0 amide bonds. The molecule has 2 aromatic rings. The zero-order chi connectivity index (χ0) is 17.5. The standard InChI is InChI=1S/C16H18F3N3OS.HI/c1-10-6-7-11(24-10)8-21-16(20-2)22-9-12-13(17)4-3-5-14(12)23-15(18)19;/h3-7,15H,8-9H2,1-2H3,(H2,20,21,22);1H. The van der Waals surface area contributed by atoms with E-state index in [4.69, 9.17) is 0 Å². The van der Waals surface area contributed by atoms with Gasteiger partial charge in [-0.2, -0.15) is 8.78 Å². The Kier molecular flexibility index (Phi) is 9.04. The highest BCUT2D eigenvalue weighted by Crippen LogP contribution is 2.23. The lowest BCUT2D eigenvalue weighted by Crippen LogP contribution is -2.36. The number of aliphatic imine (C=N–C) groups is 1. The number of halogens is 4. The number of alkyl halides is 2. The second-order valence-electron chi connectivity index (χ2n) is 4.89. The fraction of sp³-hybridized carbons (Fsp3) is 0.312. The first kappa shape index (κ1) is 21.6. The third-order valence-electron chi connectivity index (χ3n) is 3.17. The average Bonchev–Trinajstić information content (AvgIpc) is 2.94. The van der Waals surface area contributed by atoms with Crippen LogP contribution < -0.4 is 15.4 Å². The predicted molar refractivity (Wildman–Crippen MR) is 105 cm³/mol. The Morgan fingerprint density at radius 1 is 1.20 bits per heavy atom. The van der Waals surface area contributed by atoms with Crippen LogP contribution in [0.4, 0.5) is 13.2 Å². The van der Waals surface area contributed by atoms with Crippen LogP contribution in [0.15, 0.2) is 35.3 Å². The molecule has 2 rings (SSSR count). The summed E-state index contributed by atoms with van der Waals surface area (Å²) in [5.41, 5.74) is 0.0210. The maximum atomic E-state index is 13.9. The van der Waals surface area contributed by atoms with Crippen LogP contribution in [0.1, 0.15) is 15.3 Å². The van der Waals surface area contributed by atoms with E-state index < -0.39 is 12.4 Å². The van der Waals surface area contributed by atoms with Crippen molar-refractivity contribution < 1.29 is 17.9 Å². The molecule has 0 saturated heterocycles. The number of aryl methyl sites for hydroxylation is 1. The molecule has 0 bridgehead atoms. The molecule has 4 nitrogen and oxygen atoms in total. The van der Waals surface area contributed by atoms with Gasteiger partial charge in [0.15, 0.2) is 5.96 Å². The van der Waals surface area contributed by atoms with E-state index in [1.54, 1.807) is 18.4 Å². The summed E-state index contributed by atoms with van der Waals surface area (Å²) in [6.07, 6.45) is 0. The van der Waals surface area contributed by atoms with Crippen molar-refractivity contribution in [2.45, 2.75) is 26.6 Å². The molecule has 1 heterocycles. The van der Waals surface area contributed by atoms with Gasteiger partial charge in [-0.15, -0.1) is 35.3 Å². The van der Waals surface area contributed by atoms with Gasteiger partial charge in [0.05, 0.1) is 6.54 Å². The zero-order valence-corrected chi connectivity index (χ0v) is 16.8. The minimum absolute atomic E-state index is 0. The average molecular weight is 485 g/mol. The van der Waals surface area contributed by atoms with Gasteiger partial charge in [0, 0.05) is 28.9 Å². The molecule has 25 heavy (non-hydrogen) atoms. The van der Waals surface area contributed by atoms with Crippen LogP contribution in [0.2, 0.25) is 0 Å². The fourth-order valence-electron chi connectivity index (χ4n) is 2.06. The molecule has 0 saturated carbocycles. The molecular weight excluding hydrogens is 466 g/mol. The molecule has 0 unspecified atom stereocenters. The fourth-order valence-corrected chi connectivity index (χ4v) is 2.89. The lowest BCUT2D eigenvalue weighted by atomic mass is 10.2. The number of nitrogens with one attached hydrogen (secondary N) is 2. The van der Waals surface area contributed by atoms with Crippen LogP contribution in [0.5, 0.6) is 5.75 Å². The van der Waals surface area contributed by atoms with Crippen molar-refractivity contribution in [1.29, 1.82) is 0 Å². The van der Waals surface area contributed by atoms with E-state index in [-0.39, 0.29) is 41.8 Å². The van der Waals surface area contributed by atoms with Gasteiger partial charge in [-0.3, -0.25) is 4.99 Å². The van der Waals surface area contributed by atoms with Gasteiger partial charge in [0.1, 0.15) is 11.6 Å². The smallest absolute Gasteiger partial charge is 0.387 e.